The van der Waals surface area contributed by atoms with Crippen LogP contribution in [0, 0.1) is 0 Å². The molecule has 1 aliphatic heterocycles. The van der Waals surface area contributed by atoms with Gasteiger partial charge in [0.1, 0.15) is 0 Å². The highest BCUT2D eigenvalue weighted by Gasteiger charge is 2.17. The van der Waals surface area contributed by atoms with E-state index in [4.69, 9.17) is 5.73 Å². The first-order chi connectivity index (χ1) is 10.2. The number of rotatable bonds is 3. The lowest BCUT2D eigenvalue weighted by molar-refractivity contribution is 0.102. The van der Waals surface area contributed by atoms with Crippen molar-refractivity contribution in [3.63, 3.8) is 0 Å². The van der Waals surface area contributed by atoms with Crippen LogP contribution in [-0.4, -0.2) is 19.0 Å². The standard InChI is InChI=1S/C17H19N3O/c18-14-8-9-16(20-10-4-5-11-20)15(12-14)19-17(21)13-6-2-1-3-7-13/h1-3,6-9,12H,4-5,10-11,18H2,(H,19,21). The van der Waals surface area contributed by atoms with E-state index in [0.29, 0.717) is 11.3 Å². The maximum absolute atomic E-state index is 12.3. The summed E-state index contributed by atoms with van der Waals surface area (Å²) in [5, 5.41) is 2.98. The molecule has 3 rings (SSSR count). The first-order valence-electron chi connectivity index (χ1n) is 7.25. The van der Waals surface area contributed by atoms with Gasteiger partial charge in [0, 0.05) is 24.3 Å². The third kappa shape index (κ3) is 2.99. The van der Waals surface area contributed by atoms with E-state index in [0.717, 1.165) is 24.5 Å². The summed E-state index contributed by atoms with van der Waals surface area (Å²) in [4.78, 5) is 14.6. The molecule has 0 aliphatic carbocycles. The van der Waals surface area contributed by atoms with E-state index in [2.05, 4.69) is 10.2 Å². The maximum atomic E-state index is 12.3. The van der Waals surface area contributed by atoms with Crippen molar-refractivity contribution in [1.29, 1.82) is 0 Å². The average Bonchev–Trinajstić information content (AvgIpc) is 3.02. The molecule has 1 saturated heterocycles. The van der Waals surface area contributed by atoms with Crippen molar-refractivity contribution in [3.8, 4) is 0 Å². The van der Waals surface area contributed by atoms with Gasteiger partial charge < -0.3 is 16.0 Å². The summed E-state index contributed by atoms with van der Waals surface area (Å²) < 4.78 is 0. The van der Waals surface area contributed by atoms with Crippen LogP contribution in [-0.2, 0) is 0 Å². The van der Waals surface area contributed by atoms with Crippen molar-refractivity contribution < 1.29 is 4.79 Å². The molecule has 0 unspecified atom stereocenters. The Bertz CT molecular complexity index is 634. The van der Waals surface area contributed by atoms with Gasteiger partial charge in [0.05, 0.1) is 11.4 Å². The molecular formula is C17H19N3O. The molecule has 1 fully saturated rings. The van der Waals surface area contributed by atoms with Crippen LogP contribution < -0.4 is 16.0 Å². The molecule has 0 bridgehead atoms. The van der Waals surface area contributed by atoms with Crippen LogP contribution in [0.3, 0.4) is 0 Å². The van der Waals surface area contributed by atoms with Gasteiger partial charge in [-0.3, -0.25) is 4.79 Å². The number of hydrogen-bond acceptors (Lipinski definition) is 3. The maximum Gasteiger partial charge on any atom is 0.255 e. The molecule has 0 saturated carbocycles. The summed E-state index contributed by atoms with van der Waals surface area (Å²) in [6.45, 7) is 2.05. The number of nitrogens with one attached hydrogen (secondary N) is 1. The molecule has 2 aromatic rings. The Balaban J connectivity index is 1.87. The predicted octanol–water partition coefficient (Wildman–Crippen LogP) is 3.12. The molecule has 0 radical (unpaired) electrons. The second kappa shape index (κ2) is 5.87. The smallest absolute Gasteiger partial charge is 0.255 e. The lowest BCUT2D eigenvalue weighted by Crippen LogP contribution is -2.21. The van der Waals surface area contributed by atoms with Crippen LogP contribution in [0.1, 0.15) is 23.2 Å². The van der Waals surface area contributed by atoms with E-state index in [9.17, 15) is 4.79 Å². The zero-order chi connectivity index (χ0) is 14.7. The quantitative estimate of drug-likeness (QED) is 0.850. The molecule has 4 heteroatoms. The normalized spacial score (nSPS) is 14.2. The van der Waals surface area contributed by atoms with E-state index in [-0.39, 0.29) is 5.91 Å². The summed E-state index contributed by atoms with van der Waals surface area (Å²) in [7, 11) is 0. The summed E-state index contributed by atoms with van der Waals surface area (Å²) in [5.74, 6) is -0.110. The Morgan fingerprint density at radius 3 is 2.48 bits per heavy atom. The minimum absolute atomic E-state index is 0.110. The topological polar surface area (TPSA) is 58.4 Å². The van der Waals surface area contributed by atoms with Crippen LogP contribution in [0.15, 0.2) is 48.5 Å². The van der Waals surface area contributed by atoms with E-state index in [1.165, 1.54) is 12.8 Å². The third-order valence-corrected chi connectivity index (χ3v) is 3.75. The number of anilines is 3. The number of nitrogen functional groups attached to an aromatic ring is 1. The summed E-state index contributed by atoms with van der Waals surface area (Å²) >= 11 is 0. The summed E-state index contributed by atoms with van der Waals surface area (Å²) in [6.07, 6.45) is 2.38. The number of nitrogens with zero attached hydrogens (tertiary/aromatic N) is 1. The Hall–Kier alpha value is -2.49. The van der Waals surface area contributed by atoms with Gasteiger partial charge in [-0.25, -0.2) is 0 Å². The zero-order valence-corrected chi connectivity index (χ0v) is 11.9. The molecular weight excluding hydrogens is 262 g/mol. The van der Waals surface area contributed by atoms with Crippen molar-refractivity contribution in [1.82, 2.24) is 0 Å². The molecule has 3 N–H and O–H groups in total. The molecule has 1 aliphatic rings. The largest absolute Gasteiger partial charge is 0.399 e. The molecule has 0 aromatic heterocycles. The fourth-order valence-corrected chi connectivity index (χ4v) is 2.67. The van der Waals surface area contributed by atoms with Gasteiger partial charge in [0.2, 0.25) is 0 Å². The van der Waals surface area contributed by atoms with Gasteiger partial charge in [-0.2, -0.15) is 0 Å². The minimum atomic E-state index is -0.110. The van der Waals surface area contributed by atoms with E-state index < -0.39 is 0 Å². The molecule has 108 valence electrons. The number of amides is 1. The highest BCUT2D eigenvalue weighted by atomic mass is 16.1. The molecule has 1 amide bonds. The van der Waals surface area contributed by atoms with Crippen molar-refractivity contribution in [2.75, 3.05) is 29.0 Å². The number of nitrogens with two attached hydrogens (primary N) is 1. The number of hydrogen-bond donors (Lipinski definition) is 2. The second-order valence-electron chi connectivity index (χ2n) is 5.29. The molecule has 21 heavy (non-hydrogen) atoms. The van der Waals surface area contributed by atoms with Gasteiger partial charge in [-0.05, 0) is 43.2 Å². The Kier molecular flexibility index (Phi) is 3.77. The molecule has 2 aromatic carbocycles. The molecule has 0 spiro atoms. The van der Waals surface area contributed by atoms with E-state index in [1.807, 2.05) is 36.4 Å². The predicted molar refractivity (Wildman–Crippen MR) is 86.7 cm³/mol. The minimum Gasteiger partial charge on any atom is -0.399 e. The Morgan fingerprint density at radius 2 is 1.76 bits per heavy atom. The first kappa shape index (κ1) is 13.5. The fourth-order valence-electron chi connectivity index (χ4n) is 2.67. The SMILES string of the molecule is Nc1ccc(N2CCCC2)c(NC(=O)c2ccccc2)c1. The van der Waals surface area contributed by atoms with E-state index >= 15 is 0 Å². The van der Waals surface area contributed by atoms with Crippen LogP contribution >= 0.6 is 0 Å². The van der Waals surface area contributed by atoms with Crippen molar-refractivity contribution >= 4 is 23.0 Å². The first-order valence-corrected chi connectivity index (χ1v) is 7.25. The van der Waals surface area contributed by atoms with Gasteiger partial charge in [0.25, 0.3) is 5.91 Å². The highest BCUT2D eigenvalue weighted by molar-refractivity contribution is 6.06. The lowest BCUT2D eigenvalue weighted by atomic mass is 10.2. The van der Waals surface area contributed by atoms with Crippen LogP contribution in [0.2, 0.25) is 0 Å². The average molecular weight is 281 g/mol. The molecule has 0 atom stereocenters. The van der Waals surface area contributed by atoms with Gasteiger partial charge in [-0.15, -0.1) is 0 Å². The van der Waals surface area contributed by atoms with Crippen LogP contribution in [0.4, 0.5) is 17.1 Å². The van der Waals surface area contributed by atoms with Crippen LogP contribution in [0.5, 0.6) is 0 Å². The summed E-state index contributed by atoms with van der Waals surface area (Å²) in [6, 6.07) is 14.9. The summed E-state index contributed by atoms with van der Waals surface area (Å²) in [5.41, 5.74) is 9.00. The van der Waals surface area contributed by atoms with E-state index in [1.54, 1.807) is 12.1 Å². The zero-order valence-electron chi connectivity index (χ0n) is 11.9. The fraction of sp³-hybridized carbons (Fsp3) is 0.235. The van der Waals surface area contributed by atoms with Gasteiger partial charge in [-0.1, -0.05) is 18.2 Å². The number of carbonyl (C=O) groups excluding carboxylic acids is 1. The number of benzene rings is 2. The Labute approximate surface area is 124 Å². The Morgan fingerprint density at radius 1 is 1.05 bits per heavy atom. The molecule has 4 nitrogen and oxygen atoms in total. The van der Waals surface area contributed by atoms with Crippen molar-refractivity contribution in [2.45, 2.75) is 12.8 Å². The van der Waals surface area contributed by atoms with Crippen molar-refractivity contribution in [2.24, 2.45) is 0 Å². The monoisotopic (exact) mass is 281 g/mol. The number of carbonyl (C=O) groups is 1. The highest BCUT2D eigenvalue weighted by Crippen LogP contribution is 2.31. The van der Waals surface area contributed by atoms with Crippen molar-refractivity contribution in [3.05, 3.63) is 54.1 Å². The lowest BCUT2D eigenvalue weighted by Gasteiger charge is -2.22. The van der Waals surface area contributed by atoms with Crippen LogP contribution in [0.25, 0.3) is 0 Å². The molecule has 1 heterocycles. The third-order valence-electron chi connectivity index (χ3n) is 3.75. The van der Waals surface area contributed by atoms with Gasteiger partial charge >= 0.3 is 0 Å². The van der Waals surface area contributed by atoms with Gasteiger partial charge in [0.15, 0.2) is 0 Å². The second-order valence-corrected chi connectivity index (χ2v) is 5.29.